The third kappa shape index (κ3) is 2.59. The quantitative estimate of drug-likeness (QED) is 0.907. The van der Waals surface area contributed by atoms with Gasteiger partial charge in [0.1, 0.15) is 18.3 Å². The lowest BCUT2D eigenvalue weighted by atomic mass is 10.1. The Morgan fingerprint density at radius 1 is 1.32 bits per heavy atom. The van der Waals surface area contributed by atoms with Crippen molar-refractivity contribution in [2.75, 3.05) is 4.90 Å². The molecule has 1 N–H and O–H groups in total. The fourth-order valence-corrected chi connectivity index (χ4v) is 1.81. The van der Waals surface area contributed by atoms with Crippen LogP contribution in [0.3, 0.4) is 0 Å². The summed E-state index contributed by atoms with van der Waals surface area (Å²) in [6, 6.07) is 4.61. The van der Waals surface area contributed by atoms with Crippen LogP contribution in [0.15, 0.2) is 43.1 Å². The normalized spacial score (nSPS) is 17.2. The molecule has 0 spiro atoms. The minimum atomic E-state index is -0.390. The van der Waals surface area contributed by atoms with Gasteiger partial charge in [0.2, 0.25) is 0 Å². The predicted molar refractivity (Wildman–Crippen MR) is 68.7 cm³/mol. The summed E-state index contributed by atoms with van der Waals surface area (Å²) in [7, 11) is 0. The average Bonchev–Trinajstić information content (AvgIpc) is 3.24. The Bertz CT molecular complexity index is 553. The molecule has 1 aromatic rings. The summed E-state index contributed by atoms with van der Waals surface area (Å²) in [6.45, 7) is 0. The minimum absolute atomic E-state index is 0.162. The third-order valence-electron chi connectivity index (χ3n) is 3.00. The van der Waals surface area contributed by atoms with Gasteiger partial charge >= 0.3 is 0 Å². The van der Waals surface area contributed by atoms with Gasteiger partial charge in [-0.15, -0.1) is 0 Å². The van der Waals surface area contributed by atoms with Crippen LogP contribution in [0.4, 0.5) is 10.1 Å². The number of rotatable bonds is 3. The molecule has 1 aromatic carbocycles. The van der Waals surface area contributed by atoms with Crippen LogP contribution in [0, 0.1) is 5.82 Å². The number of hydrogen-bond donors (Lipinski definition) is 1. The second kappa shape index (κ2) is 4.76. The van der Waals surface area contributed by atoms with Crippen molar-refractivity contribution in [1.29, 1.82) is 0 Å². The molecule has 0 atom stereocenters. The zero-order valence-electron chi connectivity index (χ0n) is 10.2. The highest BCUT2D eigenvalue weighted by atomic mass is 19.1. The van der Waals surface area contributed by atoms with Gasteiger partial charge in [-0.25, -0.2) is 4.39 Å². The average molecular weight is 260 g/mol. The molecule has 0 saturated heterocycles. The van der Waals surface area contributed by atoms with Crippen LogP contribution < -0.4 is 10.2 Å². The molecule has 1 heterocycles. The Kier molecular flexibility index (Phi) is 2.95. The van der Waals surface area contributed by atoms with Crippen molar-refractivity contribution in [3.05, 3.63) is 54.5 Å². The van der Waals surface area contributed by atoms with Gasteiger partial charge in [-0.1, -0.05) is 0 Å². The van der Waals surface area contributed by atoms with E-state index in [1.54, 1.807) is 17.3 Å². The molecule has 1 fully saturated rings. The van der Waals surface area contributed by atoms with Crippen molar-refractivity contribution < 1.29 is 13.9 Å². The molecule has 0 bridgehead atoms. The van der Waals surface area contributed by atoms with E-state index in [1.807, 2.05) is 0 Å². The number of hydrogen-bond acceptors (Lipinski definition) is 3. The van der Waals surface area contributed by atoms with Crippen LogP contribution in [0.2, 0.25) is 0 Å². The Hall–Kier alpha value is -2.30. The van der Waals surface area contributed by atoms with Crippen molar-refractivity contribution in [1.82, 2.24) is 5.32 Å². The maximum atomic E-state index is 13.8. The molecule has 19 heavy (non-hydrogen) atoms. The van der Waals surface area contributed by atoms with Crippen LogP contribution in [-0.4, -0.2) is 11.9 Å². The van der Waals surface area contributed by atoms with E-state index in [4.69, 9.17) is 4.74 Å². The lowest BCUT2D eigenvalue weighted by Gasteiger charge is -2.19. The van der Waals surface area contributed by atoms with Gasteiger partial charge in [0, 0.05) is 24.0 Å². The Labute approximate surface area is 110 Å². The molecule has 0 radical (unpaired) electrons. The van der Waals surface area contributed by atoms with Gasteiger partial charge < -0.3 is 15.0 Å². The first-order valence-electron chi connectivity index (χ1n) is 6.11. The summed E-state index contributed by atoms with van der Waals surface area (Å²) in [6.07, 6.45) is 8.10. The molecule has 0 aromatic heterocycles. The molecule has 1 amide bonds. The van der Waals surface area contributed by atoms with Crippen LogP contribution >= 0.6 is 0 Å². The molecule has 1 aliphatic carbocycles. The summed E-state index contributed by atoms with van der Waals surface area (Å²) >= 11 is 0. The van der Waals surface area contributed by atoms with E-state index in [1.165, 1.54) is 30.7 Å². The molecule has 1 saturated carbocycles. The number of anilines is 1. The van der Waals surface area contributed by atoms with E-state index in [2.05, 4.69) is 5.32 Å². The first-order valence-corrected chi connectivity index (χ1v) is 6.11. The number of carbonyl (C=O) groups excluding carboxylic acids is 1. The highest BCUT2D eigenvalue weighted by molar-refractivity contribution is 5.95. The zero-order chi connectivity index (χ0) is 13.2. The smallest absolute Gasteiger partial charge is 0.251 e. The van der Waals surface area contributed by atoms with Gasteiger partial charge in [-0.05, 0) is 31.0 Å². The van der Waals surface area contributed by atoms with Gasteiger partial charge in [0.25, 0.3) is 5.91 Å². The molecular formula is C14H13FN2O2. The number of ether oxygens (including phenoxy) is 1. The lowest BCUT2D eigenvalue weighted by molar-refractivity contribution is 0.0951. The second-order valence-corrected chi connectivity index (χ2v) is 4.53. The van der Waals surface area contributed by atoms with Crippen molar-refractivity contribution in [2.45, 2.75) is 18.9 Å². The van der Waals surface area contributed by atoms with Gasteiger partial charge in [0.15, 0.2) is 0 Å². The van der Waals surface area contributed by atoms with Gasteiger partial charge in [-0.2, -0.15) is 0 Å². The van der Waals surface area contributed by atoms with Gasteiger partial charge in [0.05, 0.1) is 5.69 Å². The van der Waals surface area contributed by atoms with Crippen molar-refractivity contribution in [3.8, 4) is 0 Å². The molecule has 1 aliphatic heterocycles. The number of nitrogens with one attached hydrogen (secondary N) is 1. The number of amides is 1. The highest BCUT2D eigenvalue weighted by Gasteiger charge is 2.24. The predicted octanol–water partition coefficient (Wildman–Crippen LogP) is 2.50. The largest absolute Gasteiger partial charge is 0.470 e. The number of halogens is 1. The highest BCUT2D eigenvalue weighted by Crippen LogP contribution is 2.24. The maximum Gasteiger partial charge on any atom is 0.251 e. The van der Waals surface area contributed by atoms with Crippen LogP contribution in [-0.2, 0) is 4.74 Å². The Morgan fingerprint density at radius 3 is 2.74 bits per heavy atom. The Balaban J connectivity index is 1.86. The van der Waals surface area contributed by atoms with Crippen molar-refractivity contribution >= 4 is 11.6 Å². The maximum absolute atomic E-state index is 13.8. The monoisotopic (exact) mass is 260 g/mol. The minimum Gasteiger partial charge on any atom is -0.470 e. The molecule has 2 aliphatic rings. The molecule has 3 rings (SSSR count). The number of nitrogens with zero attached hydrogens (tertiary/aromatic N) is 1. The molecular weight excluding hydrogens is 247 g/mol. The summed E-state index contributed by atoms with van der Waals surface area (Å²) < 4.78 is 18.7. The fraction of sp³-hybridized carbons (Fsp3) is 0.214. The van der Waals surface area contributed by atoms with Crippen molar-refractivity contribution in [2.24, 2.45) is 0 Å². The lowest BCUT2D eigenvalue weighted by Crippen LogP contribution is -2.25. The molecule has 4 nitrogen and oxygen atoms in total. The summed E-state index contributed by atoms with van der Waals surface area (Å²) in [5.74, 6) is -0.552. The van der Waals surface area contributed by atoms with E-state index < -0.39 is 0 Å². The summed E-state index contributed by atoms with van der Waals surface area (Å²) in [4.78, 5) is 13.5. The topological polar surface area (TPSA) is 41.6 Å². The van der Waals surface area contributed by atoms with E-state index in [0.717, 1.165) is 12.8 Å². The van der Waals surface area contributed by atoms with E-state index >= 15 is 0 Å². The van der Waals surface area contributed by atoms with E-state index in [9.17, 15) is 9.18 Å². The van der Waals surface area contributed by atoms with Crippen molar-refractivity contribution in [3.63, 3.8) is 0 Å². The first-order chi connectivity index (χ1) is 9.24. The second-order valence-electron chi connectivity index (χ2n) is 4.53. The molecule has 5 heteroatoms. The third-order valence-corrected chi connectivity index (χ3v) is 3.00. The Morgan fingerprint density at radius 2 is 2.05 bits per heavy atom. The van der Waals surface area contributed by atoms with Gasteiger partial charge in [-0.3, -0.25) is 4.79 Å². The van der Waals surface area contributed by atoms with Crippen LogP contribution in [0.25, 0.3) is 0 Å². The van der Waals surface area contributed by atoms with E-state index in [-0.39, 0.29) is 17.8 Å². The zero-order valence-corrected chi connectivity index (χ0v) is 10.2. The molecule has 98 valence electrons. The summed E-state index contributed by atoms with van der Waals surface area (Å²) in [5.41, 5.74) is 0.774. The number of benzene rings is 1. The summed E-state index contributed by atoms with van der Waals surface area (Å²) in [5, 5.41) is 2.88. The first kappa shape index (κ1) is 11.8. The SMILES string of the molecule is O=C(NC1CC1)c1ccc(F)c(N2C=COC=C2)c1. The van der Waals surface area contributed by atoms with Crippen LogP contribution in [0.5, 0.6) is 0 Å². The van der Waals surface area contributed by atoms with E-state index in [0.29, 0.717) is 11.3 Å². The molecule has 0 unspecified atom stereocenters. The number of carbonyl (C=O) groups is 1. The standard InChI is InChI=1S/C14H13FN2O2/c15-12-4-1-10(14(18)16-11-2-3-11)9-13(12)17-5-7-19-8-6-17/h1,4-9,11H,2-3H2,(H,16,18). The fourth-order valence-electron chi connectivity index (χ4n) is 1.81. The van der Waals surface area contributed by atoms with Crippen LogP contribution in [0.1, 0.15) is 23.2 Å².